The zero-order chi connectivity index (χ0) is 11.4. The number of nitrogens with zero attached hydrogens (tertiary/aromatic N) is 2. The SMILES string of the molecule is CC(N)c1cnc(CCN2CCOCC2)s1. The Labute approximate surface area is 100 Å². The summed E-state index contributed by atoms with van der Waals surface area (Å²) in [5, 5.41) is 1.19. The molecular formula is C11H19N3OS. The number of aromatic nitrogens is 1. The molecule has 16 heavy (non-hydrogen) atoms. The molecule has 1 aliphatic rings. The molecule has 0 radical (unpaired) electrons. The van der Waals surface area contributed by atoms with Crippen molar-refractivity contribution in [2.75, 3.05) is 32.8 Å². The summed E-state index contributed by atoms with van der Waals surface area (Å²) in [6, 6.07) is 0.106. The standard InChI is InChI=1S/C11H19N3OS/c1-9(12)10-8-13-11(16-10)2-3-14-4-6-15-7-5-14/h8-9H,2-7,12H2,1H3. The van der Waals surface area contributed by atoms with Crippen molar-refractivity contribution in [3.8, 4) is 0 Å². The van der Waals surface area contributed by atoms with E-state index in [0.717, 1.165) is 39.3 Å². The zero-order valence-corrected chi connectivity index (χ0v) is 10.5. The molecule has 1 unspecified atom stereocenters. The van der Waals surface area contributed by atoms with Crippen molar-refractivity contribution in [1.82, 2.24) is 9.88 Å². The van der Waals surface area contributed by atoms with E-state index in [9.17, 15) is 0 Å². The first-order chi connectivity index (χ1) is 7.75. The van der Waals surface area contributed by atoms with Gasteiger partial charge in [0.15, 0.2) is 0 Å². The molecule has 1 atom stereocenters. The van der Waals surface area contributed by atoms with Crippen molar-refractivity contribution in [3.63, 3.8) is 0 Å². The lowest BCUT2D eigenvalue weighted by atomic mass is 10.3. The Kier molecular flexibility index (Phi) is 4.29. The van der Waals surface area contributed by atoms with Crippen LogP contribution in [0, 0.1) is 0 Å². The second-order valence-corrected chi connectivity index (χ2v) is 5.30. The molecule has 2 N–H and O–H groups in total. The normalized spacial score (nSPS) is 19.9. The third kappa shape index (κ3) is 3.25. The Hall–Kier alpha value is -0.490. The van der Waals surface area contributed by atoms with E-state index in [1.165, 1.54) is 9.88 Å². The molecule has 2 heterocycles. The highest BCUT2D eigenvalue weighted by Crippen LogP contribution is 2.19. The highest BCUT2D eigenvalue weighted by atomic mass is 32.1. The molecule has 0 bridgehead atoms. The summed E-state index contributed by atoms with van der Waals surface area (Å²) in [6.45, 7) is 6.90. The number of hydrogen-bond acceptors (Lipinski definition) is 5. The van der Waals surface area contributed by atoms with Crippen molar-refractivity contribution in [2.45, 2.75) is 19.4 Å². The van der Waals surface area contributed by atoms with Crippen LogP contribution in [-0.4, -0.2) is 42.7 Å². The van der Waals surface area contributed by atoms with Crippen LogP contribution in [0.5, 0.6) is 0 Å². The molecule has 0 saturated carbocycles. The summed E-state index contributed by atoms with van der Waals surface area (Å²) in [7, 11) is 0. The van der Waals surface area contributed by atoms with E-state index in [-0.39, 0.29) is 6.04 Å². The van der Waals surface area contributed by atoms with Crippen LogP contribution in [-0.2, 0) is 11.2 Å². The van der Waals surface area contributed by atoms with E-state index < -0.39 is 0 Å². The molecule has 1 aromatic rings. The molecule has 0 amide bonds. The van der Waals surface area contributed by atoms with Gasteiger partial charge in [0, 0.05) is 43.2 Å². The minimum Gasteiger partial charge on any atom is -0.379 e. The average molecular weight is 241 g/mol. The van der Waals surface area contributed by atoms with Gasteiger partial charge in [-0.15, -0.1) is 11.3 Å². The Bertz CT molecular complexity index is 321. The van der Waals surface area contributed by atoms with Crippen molar-refractivity contribution in [3.05, 3.63) is 16.1 Å². The van der Waals surface area contributed by atoms with Gasteiger partial charge in [-0.05, 0) is 6.92 Å². The van der Waals surface area contributed by atoms with Crippen molar-refractivity contribution >= 4 is 11.3 Å². The first-order valence-corrected chi connectivity index (χ1v) is 6.57. The molecule has 1 aliphatic heterocycles. The maximum atomic E-state index is 5.81. The van der Waals surface area contributed by atoms with E-state index in [4.69, 9.17) is 10.5 Å². The fourth-order valence-corrected chi connectivity index (χ4v) is 2.59. The van der Waals surface area contributed by atoms with Gasteiger partial charge in [-0.2, -0.15) is 0 Å². The lowest BCUT2D eigenvalue weighted by Crippen LogP contribution is -2.37. The van der Waals surface area contributed by atoms with Gasteiger partial charge in [0.2, 0.25) is 0 Å². The number of nitrogens with two attached hydrogens (primary N) is 1. The Morgan fingerprint density at radius 1 is 1.56 bits per heavy atom. The fourth-order valence-electron chi connectivity index (χ4n) is 1.73. The first kappa shape index (κ1) is 12.0. The van der Waals surface area contributed by atoms with Gasteiger partial charge in [-0.25, -0.2) is 4.98 Å². The van der Waals surface area contributed by atoms with E-state index in [1.54, 1.807) is 11.3 Å². The highest BCUT2D eigenvalue weighted by Gasteiger charge is 2.11. The Morgan fingerprint density at radius 3 is 2.94 bits per heavy atom. The van der Waals surface area contributed by atoms with Gasteiger partial charge < -0.3 is 10.5 Å². The van der Waals surface area contributed by atoms with Gasteiger partial charge in [-0.1, -0.05) is 0 Å². The first-order valence-electron chi connectivity index (χ1n) is 5.76. The molecule has 1 saturated heterocycles. The predicted octanol–water partition coefficient (Wildman–Crippen LogP) is 1.04. The van der Waals surface area contributed by atoms with E-state index in [1.807, 2.05) is 13.1 Å². The minimum absolute atomic E-state index is 0.106. The number of morpholine rings is 1. The van der Waals surface area contributed by atoms with Crippen molar-refractivity contribution in [1.29, 1.82) is 0 Å². The maximum absolute atomic E-state index is 5.81. The summed E-state index contributed by atoms with van der Waals surface area (Å²) in [5.41, 5.74) is 5.81. The topological polar surface area (TPSA) is 51.4 Å². The average Bonchev–Trinajstić information content (AvgIpc) is 2.76. The van der Waals surface area contributed by atoms with Gasteiger partial charge in [-0.3, -0.25) is 4.90 Å². The predicted molar refractivity (Wildman–Crippen MR) is 65.7 cm³/mol. The Morgan fingerprint density at radius 2 is 2.31 bits per heavy atom. The molecule has 5 heteroatoms. The second kappa shape index (κ2) is 5.72. The van der Waals surface area contributed by atoms with Crippen LogP contribution in [0.15, 0.2) is 6.20 Å². The van der Waals surface area contributed by atoms with Gasteiger partial charge in [0.25, 0.3) is 0 Å². The van der Waals surface area contributed by atoms with Crippen LogP contribution < -0.4 is 5.73 Å². The number of ether oxygens (including phenoxy) is 1. The van der Waals surface area contributed by atoms with E-state index in [2.05, 4.69) is 9.88 Å². The summed E-state index contributed by atoms with van der Waals surface area (Å²) in [5.74, 6) is 0. The molecular weight excluding hydrogens is 222 g/mol. The van der Waals surface area contributed by atoms with Crippen LogP contribution in [0.25, 0.3) is 0 Å². The monoisotopic (exact) mass is 241 g/mol. The molecule has 1 aromatic heterocycles. The highest BCUT2D eigenvalue weighted by molar-refractivity contribution is 7.11. The number of thiazole rings is 1. The molecule has 4 nitrogen and oxygen atoms in total. The quantitative estimate of drug-likeness (QED) is 0.855. The van der Waals surface area contributed by atoms with Gasteiger partial charge >= 0.3 is 0 Å². The van der Waals surface area contributed by atoms with Crippen LogP contribution in [0.2, 0.25) is 0 Å². The summed E-state index contributed by atoms with van der Waals surface area (Å²) in [4.78, 5) is 8.01. The molecule has 2 rings (SSSR count). The molecule has 1 fully saturated rings. The maximum Gasteiger partial charge on any atom is 0.0941 e. The number of rotatable bonds is 4. The second-order valence-electron chi connectivity index (χ2n) is 4.15. The number of hydrogen-bond donors (Lipinski definition) is 1. The summed E-state index contributed by atoms with van der Waals surface area (Å²) < 4.78 is 5.32. The molecule has 0 spiro atoms. The van der Waals surface area contributed by atoms with E-state index in [0.29, 0.717) is 0 Å². The lowest BCUT2D eigenvalue weighted by molar-refractivity contribution is 0.0384. The molecule has 0 aliphatic carbocycles. The van der Waals surface area contributed by atoms with E-state index >= 15 is 0 Å². The summed E-state index contributed by atoms with van der Waals surface area (Å²) in [6.07, 6.45) is 2.93. The van der Waals surface area contributed by atoms with Gasteiger partial charge in [0.05, 0.1) is 18.2 Å². The third-order valence-electron chi connectivity index (χ3n) is 2.77. The zero-order valence-electron chi connectivity index (χ0n) is 9.69. The van der Waals surface area contributed by atoms with Crippen LogP contribution in [0.4, 0.5) is 0 Å². The Balaban J connectivity index is 1.79. The third-order valence-corrected chi connectivity index (χ3v) is 4.02. The molecule has 0 aromatic carbocycles. The minimum atomic E-state index is 0.106. The fraction of sp³-hybridized carbons (Fsp3) is 0.727. The summed E-state index contributed by atoms with van der Waals surface area (Å²) >= 11 is 1.74. The molecule has 90 valence electrons. The van der Waals surface area contributed by atoms with Crippen LogP contribution >= 0.6 is 11.3 Å². The van der Waals surface area contributed by atoms with Crippen molar-refractivity contribution in [2.24, 2.45) is 5.73 Å². The smallest absolute Gasteiger partial charge is 0.0941 e. The largest absolute Gasteiger partial charge is 0.379 e. The van der Waals surface area contributed by atoms with Crippen molar-refractivity contribution < 1.29 is 4.74 Å². The van der Waals surface area contributed by atoms with Crippen LogP contribution in [0.3, 0.4) is 0 Å². The van der Waals surface area contributed by atoms with Gasteiger partial charge in [0.1, 0.15) is 0 Å². The lowest BCUT2D eigenvalue weighted by Gasteiger charge is -2.25. The van der Waals surface area contributed by atoms with Crippen LogP contribution in [0.1, 0.15) is 22.9 Å².